The summed E-state index contributed by atoms with van der Waals surface area (Å²) in [7, 11) is 0. The second kappa shape index (κ2) is 4.71. The summed E-state index contributed by atoms with van der Waals surface area (Å²) in [4.78, 5) is 36.2. The molecule has 6 nitrogen and oxygen atoms in total. The number of pyridine rings is 1. The normalized spacial score (nSPS) is 10.1. The SMILES string of the molecule is O=C(O)C(C(=O)O)C(=O)c1ccc(Cl)nc1. The van der Waals surface area contributed by atoms with Gasteiger partial charge in [0, 0.05) is 11.8 Å². The van der Waals surface area contributed by atoms with Gasteiger partial charge in [0.05, 0.1) is 0 Å². The van der Waals surface area contributed by atoms with Gasteiger partial charge in [0.2, 0.25) is 5.92 Å². The Balaban J connectivity index is 3.04. The van der Waals surface area contributed by atoms with E-state index in [-0.39, 0.29) is 10.7 Å². The molecule has 0 amide bonds. The largest absolute Gasteiger partial charge is 0.480 e. The summed E-state index contributed by atoms with van der Waals surface area (Å²) in [5.74, 6) is -6.59. The van der Waals surface area contributed by atoms with Crippen molar-refractivity contribution < 1.29 is 24.6 Å². The van der Waals surface area contributed by atoms with Gasteiger partial charge < -0.3 is 10.2 Å². The Bertz CT molecular complexity index is 428. The van der Waals surface area contributed by atoms with Crippen LogP contribution in [0.5, 0.6) is 0 Å². The Kier molecular flexibility index (Phi) is 3.57. The highest BCUT2D eigenvalue weighted by atomic mass is 35.5. The number of carboxylic acids is 2. The molecule has 0 saturated heterocycles. The molecule has 0 unspecified atom stereocenters. The van der Waals surface area contributed by atoms with Crippen molar-refractivity contribution in [3.05, 3.63) is 29.0 Å². The third-order valence-electron chi connectivity index (χ3n) is 1.77. The van der Waals surface area contributed by atoms with E-state index in [9.17, 15) is 14.4 Å². The monoisotopic (exact) mass is 243 g/mol. The number of nitrogens with zero attached hydrogens (tertiary/aromatic N) is 1. The molecular weight excluding hydrogens is 238 g/mol. The minimum atomic E-state index is -2.12. The van der Waals surface area contributed by atoms with Crippen molar-refractivity contribution >= 4 is 29.3 Å². The Morgan fingerprint density at radius 1 is 1.19 bits per heavy atom. The molecule has 0 radical (unpaired) electrons. The molecule has 0 aliphatic rings. The fourth-order valence-electron chi connectivity index (χ4n) is 1.02. The van der Waals surface area contributed by atoms with Gasteiger partial charge in [-0.1, -0.05) is 11.6 Å². The van der Waals surface area contributed by atoms with Crippen LogP contribution in [0.1, 0.15) is 10.4 Å². The predicted octanol–water partition coefficient (Wildman–Crippen LogP) is 0.703. The van der Waals surface area contributed by atoms with Gasteiger partial charge in [-0.05, 0) is 12.1 Å². The molecule has 16 heavy (non-hydrogen) atoms. The summed E-state index contributed by atoms with van der Waals surface area (Å²) < 4.78 is 0. The number of aromatic nitrogens is 1. The number of halogens is 1. The number of aliphatic carboxylic acids is 2. The highest BCUT2D eigenvalue weighted by Gasteiger charge is 2.34. The second-order valence-electron chi connectivity index (χ2n) is 2.84. The quantitative estimate of drug-likeness (QED) is 0.458. The number of hydrogen-bond donors (Lipinski definition) is 2. The summed E-state index contributed by atoms with van der Waals surface area (Å²) in [6, 6.07) is 2.49. The van der Waals surface area contributed by atoms with Crippen molar-refractivity contribution in [3.8, 4) is 0 Å². The molecule has 0 aromatic carbocycles. The number of carbonyl (C=O) groups excluding carboxylic acids is 1. The van der Waals surface area contributed by atoms with Crippen molar-refractivity contribution in [2.75, 3.05) is 0 Å². The lowest BCUT2D eigenvalue weighted by atomic mass is 9.99. The van der Waals surface area contributed by atoms with Crippen molar-refractivity contribution in [2.24, 2.45) is 5.92 Å². The van der Waals surface area contributed by atoms with E-state index in [1.54, 1.807) is 0 Å². The molecule has 1 heterocycles. The second-order valence-corrected chi connectivity index (χ2v) is 3.23. The van der Waals surface area contributed by atoms with E-state index >= 15 is 0 Å². The lowest BCUT2D eigenvalue weighted by molar-refractivity contribution is -0.151. The van der Waals surface area contributed by atoms with Crippen molar-refractivity contribution in [1.29, 1.82) is 0 Å². The molecule has 2 N–H and O–H groups in total. The van der Waals surface area contributed by atoms with Crippen LogP contribution in [0.25, 0.3) is 0 Å². The molecule has 0 bridgehead atoms. The molecule has 84 valence electrons. The van der Waals surface area contributed by atoms with Gasteiger partial charge >= 0.3 is 11.9 Å². The first-order valence-corrected chi connectivity index (χ1v) is 4.42. The zero-order chi connectivity index (χ0) is 12.3. The molecule has 1 rings (SSSR count). The molecule has 0 fully saturated rings. The van der Waals surface area contributed by atoms with Crippen molar-refractivity contribution in [1.82, 2.24) is 4.98 Å². The van der Waals surface area contributed by atoms with Gasteiger partial charge in [-0.3, -0.25) is 14.4 Å². The van der Waals surface area contributed by atoms with Crippen LogP contribution < -0.4 is 0 Å². The van der Waals surface area contributed by atoms with Crippen LogP contribution in [0.15, 0.2) is 18.3 Å². The highest BCUT2D eigenvalue weighted by Crippen LogP contribution is 2.11. The van der Waals surface area contributed by atoms with E-state index in [4.69, 9.17) is 21.8 Å². The Morgan fingerprint density at radius 2 is 1.75 bits per heavy atom. The minimum Gasteiger partial charge on any atom is -0.480 e. The maximum Gasteiger partial charge on any atom is 0.325 e. The first-order chi connectivity index (χ1) is 7.43. The van der Waals surface area contributed by atoms with E-state index in [2.05, 4.69) is 4.98 Å². The average Bonchev–Trinajstić information content (AvgIpc) is 2.17. The number of Topliss-reactive ketones (excluding diaryl/α,β-unsaturated/α-hetero) is 1. The molecule has 7 heteroatoms. The van der Waals surface area contributed by atoms with E-state index in [1.165, 1.54) is 12.1 Å². The third-order valence-corrected chi connectivity index (χ3v) is 1.99. The molecule has 1 aromatic rings. The summed E-state index contributed by atoms with van der Waals surface area (Å²) >= 11 is 5.47. The zero-order valence-electron chi connectivity index (χ0n) is 7.75. The molecule has 0 aliphatic heterocycles. The summed E-state index contributed by atoms with van der Waals surface area (Å²) in [6.07, 6.45) is 1.03. The predicted molar refractivity (Wildman–Crippen MR) is 52.3 cm³/mol. The third kappa shape index (κ3) is 2.54. The number of hydrogen-bond acceptors (Lipinski definition) is 4. The Morgan fingerprint density at radius 3 is 2.12 bits per heavy atom. The lowest BCUT2D eigenvalue weighted by Gasteiger charge is -2.05. The maximum absolute atomic E-state index is 11.5. The molecule has 0 atom stereocenters. The lowest BCUT2D eigenvalue weighted by Crippen LogP contribution is -2.31. The van der Waals surface area contributed by atoms with Gasteiger partial charge in [0.1, 0.15) is 5.15 Å². The fourth-order valence-corrected chi connectivity index (χ4v) is 1.13. The van der Waals surface area contributed by atoms with E-state index in [0.717, 1.165) is 6.20 Å². The summed E-state index contributed by atoms with van der Waals surface area (Å²) in [5, 5.41) is 17.3. The number of ketones is 1. The van der Waals surface area contributed by atoms with Crippen LogP contribution in [-0.4, -0.2) is 32.9 Å². The highest BCUT2D eigenvalue weighted by molar-refractivity contribution is 6.29. The maximum atomic E-state index is 11.5. The molecule has 0 saturated carbocycles. The average molecular weight is 244 g/mol. The standard InChI is InChI=1S/C9H6ClNO5/c10-5-2-1-4(3-11-5)7(12)6(8(13)14)9(15)16/h1-3,6H,(H,13,14)(H,15,16). The first kappa shape index (κ1) is 12.1. The molecular formula is C9H6ClNO5. The van der Waals surface area contributed by atoms with Crippen LogP contribution >= 0.6 is 11.6 Å². The van der Waals surface area contributed by atoms with E-state index in [0.29, 0.717) is 0 Å². The molecule has 0 aliphatic carbocycles. The van der Waals surface area contributed by atoms with E-state index in [1.807, 2.05) is 0 Å². The zero-order valence-corrected chi connectivity index (χ0v) is 8.51. The van der Waals surface area contributed by atoms with Gasteiger partial charge in [0.25, 0.3) is 0 Å². The molecule has 0 spiro atoms. The van der Waals surface area contributed by atoms with Gasteiger partial charge in [0.15, 0.2) is 5.78 Å². The van der Waals surface area contributed by atoms with Crippen LogP contribution in [0.3, 0.4) is 0 Å². The molecule has 1 aromatic heterocycles. The van der Waals surface area contributed by atoms with Gasteiger partial charge in [-0.25, -0.2) is 4.98 Å². The van der Waals surface area contributed by atoms with Crippen LogP contribution in [-0.2, 0) is 9.59 Å². The minimum absolute atomic E-state index is 0.112. The number of carbonyl (C=O) groups is 3. The van der Waals surface area contributed by atoms with Crippen molar-refractivity contribution in [2.45, 2.75) is 0 Å². The summed E-state index contributed by atoms with van der Waals surface area (Å²) in [6.45, 7) is 0. The summed E-state index contributed by atoms with van der Waals surface area (Å²) in [5.41, 5.74) is -0.112. The van der Waals surface area contributed by atoms with Gasteiger partial charge in [-0.2, -0.15) is 0 Å². The Hall–Kier alpha value is -1.95. The number of carboxylic acid groups (broad SMARTS) is 2. The topological polar surface area (TPSA) is 105 Å². The number of rotatable bonds is 4. The smallest absolute Gasteiger partial charge is 0.325 e. The first-order valence-electron chi connectivity index (χ1n) is 4.05. The van der Waals surface area contributed by atoms with Crippen LogP contribution in [0, 0.1) is 5.92 Å². The van der Waals surface area contributed by atoms with Crippen LogP contribution in [0.2, 0.25) is 5.15 Å². The van der Waals surface area contributed by atoms with E-state index < -0.39 is 23.6 Å². The van der Waals surface area contributed by atoms with Crippen LogP contribution in [0.4, 0.5) is 0 Å². The fraction of sp³-hybridized carbons (Fsp3) is 0.111. The van der Waals surface area contributed by atoms with Crippen molar-refractivity contribution in [3.63, 3.8) is 0 Å². The van der Waals surface area contributed by atoms with Gasteiger partial charge in [-0.15, -0.1) is 0 Å². The Labute approximate surface area is 94.5 Å².